The highest BCUT2D eigenvalue weighted by molar-refractivity contribution is 7.13. The van der Waals surface area contributed by atoms with Crippen LogP contribution < -0.4 is 20.3 Å². The molecule has 1 saturated heterocycles. The maximum atomic E-state index is 12.6. The van der Waals surface area contributed by atoms with Gasteiger partial charge in [0.05, 0.1) is 18.2 Å². The van der Waals surface area contributed by atoms with Crippen LogP contribution >= 0.6 is 11.3 Å². The summed E-state index contributed by atoms with van der Waals surface area (Å²) in [5.74, 6) is 0.900. The molecule has 0 radical (unpaired) electrons. The van der Waals surface area contributed by atoms with Gasteiger partial charge in [0, 0.05) is 30.0 Å². The van der Waals surface area contributed by atoms with Crippen LogP contribution in [0.25, 0.3) is 0 Å². The van der Waals surface area contributed by atoms with Gasteiger partial charge in [0.2, 0.25) is 17.7 Å². The number of carbonyl (C=O) groups excluding carboxylic acids is 3. The van der Waals surface area contributed by atoms with Gasteiger partial charge in [-0.05, 0) is 36.4 Å². The van der Waals surface area contributed by atoms with E-state index in [4.69, 9.17) is 4.74 Å². The first-order valence-electron chi connectivity index (χ1n) is 11.1. The van der Waals surface area contributed by atoms with E-state index in [0.29, 0.717) is 23.1 Å². The lowest BCUT2D eigenvalue weighted by Gasteiger charge is -2.17. The van der Waals surface area contributed by atoms with Crippen LogP contribution in [0.3, 0.4) is 0 Å². The lowest BCUT2D eigenvalue weighted by atomic mass is 10.2. The molecule has 1 unspecified atom stereocenters. The third kappa shape index (κ3) is 5.99. The van der Waals surface area contributed by atoms with Crippen molar-refractivity contribution >= 4 is 39.9 Å². The van der Waals surface area contributed by atoms with Gasteiger partial charge in [0.25, 0.3) is 0 Å². The monoisotopic (exact) mass is 478 g/mol. The number of hydrogen-bond donors (Lipinski definition) is 2. The SMILES string of the molecule is CC(C)C(=O)Nc1nc(CC(=O)NC2CC(=O)N(c3ccc(Oc4ccccc4)cc3)C2)cs1. The molecule has 8 nitrogen and oxygen atoms in total. The Morgan fingerprint density at radius 1 is 1.12 bits per heavy atom. The van der Waals surface area contributed by atoms with E-state index >= 15 is 0 Å². The van der Waals surface area contributed by atoms with Crippen LogP contribution in [0, 0.1) is 5.92 Å². The second-order valence-electron chi connectivity index (χ2n) is 8.35. The summed E-state index contributed by atoms with van der Waals surface area (Å²) in [7, 11) is 0. The van der Waals surface area contributed by atoms with Crippen LogP contribution in [0.2, 0.25) is 0 Å². The Labute approximate surface area is 202 Å². The van der Waals surface area contributed by atoms with Crippen LogP contribution in [-0.2, 0) is 20.8 Å². The van der Waals surface area contributed by atoms with E-state index < -0.39 is 0 Å². The van der Waals surface area contributed by atoms with Gasteiger partial charge >= 0.3 is 0 Å². The molecule has 34 heavy (non-hydrogen) atoms. The summed E-state index contributed by atoms with van der Waals surface area (Å²) in [5.41, 5.74) is 1.34. The Hall–Kier alpha value is -3.72. The molecule has 2 heterocycles. The van der Waals surface area contributed by atoms with Crippen molar-refractivity contribution in [1.29, 1.82) is 0 Å². The predicted octanol–water partition coefficient (Wildman–Crippen LogP) is 3.99. The van der Waals surface area contributed by atoms with Gasteiger partial charge in [0.15, 0.2) is 5.13 Å². The van der Waals surface area contributed by atoms with Crippen LogP contribution in [0.15, 0.2) is 60.0 Å². The highest BCUT2D eigenvalue weighted by Gasteiger charge is 2.31. The average Bonchev–Trinajstić information content (AvgIpc) is 3.40. The number of anilines is 2. The van der Waals surface area contributed by atoms with Crippen LogP contribution in [0.4, 0.5) is 10.8 Å². The van der Waals surface area contributed by atoms with Gasteiger partial charge in [-0.25, -0.2) is 4.98 Å². The number of amides is 3. The van der Waals surface area contributed by atoms with Gasteiger partial charge in [0.1, 0.15) is 11.5 Å². The normalized spacial score (nSPS) is 15.4. The third-order valence-corrected chi connectivity index (χ3v) is 6.07. The van der Waals surface area contributed by atoms with Crippen molar-refractivity contribution in [2.24, 2.45) is 5.92 Å². The van der Waals surface area contributed by atoms with Crippen LogP contribution in [0.1, 0.15) is 26.0 Å². The third-order valence-electron chi connectivity index (χ3n) is 5.27. The highest BCUT2D eigenvalue weighted by atomic mass is 32.1. The summed E-state index contributed by atoms with van der Waals surface area (Å²) < 4.78 is 5.80. The molecule has 1 atom stereocenters. The number of nitrogens with zero attached hydrogens (tertiary/aromatic N) is 2. The Morgan fingerprint density at radius 3 is 2.53 bits per heavy atom. The van der Waals surface area contributed by atoms with E-state index in [2.05, 4.69) is 15.6 Å². The van der Waals surface area contributed by atoms with Crippen molar-refractivity contribution < 1.29 is 19.1 Å². The van der Waals surface area contributed by atoms with Crippen molar-refractivity contribution in [3.05, 3.63) is 65.7 Å². The lowest BCUT2D eigenvalue weighted by molar-refractivity contribution is -0.121. The maximum Gasteiger partial charge on any atom is 0.229 e. The summed E-state index contributed by atoms with van der Waals surface area (Å²) in [5, 5.41) is 7.88. The molecule has 1 aliphatic rings. The van der Waals surface area contributed by atoms with E-state index in [-0.39, 0.29) is 42.5 Å². The maximum absolute atomic E-state index is 12.6. The number of thiazole rings is 1. The molecule has 1 fully saturated rings. The fourth-order valence-electron chi connectivity index (χ4n) is 3.51. The van der Waals surface area contributed by atoms with Gasteiger partial charge in [-0.3, -0.25) is 14.4 Å². The molecule has 3 amide bonds. The van der Waals surface area contributed by atoms with Gasteiger partial charge in [-0.15, -0.1) is 11.3 Å². The molecule has 4 rings (SSSR count). The number of benzene rings is 2. The van der Waals surface area contributed by atoms with Crippen molar-refractivity contribution in [1.82, 2.24) is 10.3 Å². The fraction of sp³-hybridized carbons (Fsp3) is 0.280. The Bertz CT molecular complexity index is 1160. The first-order chi connectivity index (χ1) is 16.4. The Morgan fingerprint density at radius 2 is 1.82 bits per heavy atom. The first kappa shape index (κ1) is 23.4. The van der Waals surface area contributed by atoms with Crippen molar-refractivity contribution in [3.8, 4) is 11.5 Å². The number of hydrogen-bond acceptors (Lipinski definition) is 6. The summed E-state index contributed by atoms with van der Waals surface area (Å²) in [6, 6.07) is 16.5. The minimum Gasteiger partial charge on any atom is -0.457 e. The fourth-order valence-corrected chi connectivity index (χ4v) is 4.22. The molecule has 2 aromatic carbocycles. The quantitative estimate of drug-likeness (QED) is 0.510. The molecular formula is C25H26N4O4S. The lowest BCUT2D eigenvalue weighted by Crippen LogP contribution is -2.38. The van der Waals surface area contributed by atoms with E-state index in [1.165, 1.54) is 11.3 Å². The second kappa shape index (κ2) is 10.5. The highest BCUT2D eigenvalue weighted by Crippen LogP contribution is 2.27. The molecule has 9 heteroatoms. The molecule has 0 bridgehead atoms. The van der Waals surface area contributed by atoms with E-state index in [1.54, 1.807) is 24.1 Å². The Balaban J connectivity index is 1.29. The molecule has 0 spiro atoms. The molecule has 1 aliphatic heterocycles. The van der Waals surface area contributed by atoms with Gasteiger partial charge in [-0.1, -0.05) is 32.0 Å². The minimum atomic E-state index is -0.279. The molecule has 176 valence electrons. The number of aromatic nitrogens is 1. The minimum absolute atomic E-state index is 0.0469. The van der Waals surface area contributed by atoms with E-state index in [9.17, 15) is 14.4 Å². The first-order valence-corrected chi connectivity index (χ1v) is 11.9. The molecule has 2 N–H and O–H groups in total. The van der Waals surface area contributed by atoms with E-state index in [1.807, 2.05) is 54.6 Å². The second-order valence-corrected chi connectivity index (χ2v) is 9.20. The number of rotatable bonds is 8. The summed E-state index contributed by atoms with van der Waals surface area (Å²) in [6.45, 7) is 4.00. The van der Waals surface area contributed by atoms with Crippen LogP contribution in [0.5, 0.6) is 11.5 Å². The summed E-state index contributed by atoms with van der Waals surface area (Å²) in [4.78, 5) is 42.8. The number of ether oxygens (including phenoxy) is 1. The van der Waals surface area contributed by atoms with Crippen LogP contribution in [-0.4, -0.2) is 35.3 Å². The van der Waals surface area contributed by atoms with Crippen molar-refractivity contribution in [2.45, 2.75) is 32.7 Å². The van der Waals surface area contributed by atoms with Crippen molar-refractivity contribution in [2.75, 3.05) is 16.8 Å². The molecule has 3 aromatic rings. The standard InChI is InChI=1S/C25H26N4O4S/c1-16(2)24(32)28-25-27-18(15-34-25)12-22(30)26-17-13-23(31)29(14-17)19-8-10-21(11-9-19)33-20-6-4-3-5-7-20/h3-11,15-17H,12-14H2,1-2H3,(H,26,30)(H,27,28,32). The van der Waals surface area contributed by atoms with E-state index in [0.717, 1.165) is 11.4 Å². The van der Waals surface area contributed by atoms with Gasteiger partial charge in [-0.2, -0.15) is 0 Å². The molecule has 0 aliphatic carbocycles. The topological polar surface area (TPSA) is 101 Å². The molecule has 1 aromatic heterocycles. The summed E-state index contributed by atoms with van der Waals surface area (Å²) >= 11 is 1.28. The zero-order chi connectivity index (χ0) is 24.1. The number of nitrogens with one attached hydrogen (secondary N) is 2. The number of para-hydroxylation sites is 1. The Kier molecular flexibility index (Phi) is 7.22. The molecular weight excluding hydrogens is 452 g/mol. The van der Waals surface area contributed by atoms with Gasteiger partial charge < -0.3 is 20.3 Å². The summed E-state index contributed by atoms with van der Waals surface area (Å²) in [6.07, 6.45) is 0.324. The largest absolute Gasteiger partial charge is 0.457 e. The average molecular weight is 479 g/mol. The predicted molar refractivity (Wildman–Crippen MR) is 131 cm³/mol. The smallest absolute Gasteiger partial charge is 0.229 e. The zero-order valence-electron chi connectivity index (χ0n) is 19.0. The number of carbonyl (C=O) groups is 3. The molecule has 0 saturated carbocycles. The van der Waals surface area contributed by atoms with Crippen molar-refractivity contribution in [3.63, 3.8) is 0 Å². The zero-order valence-corrected chi connectivity index (χ0v) is 19.8.